The Kier molecular flexibility index (Phi) is 6.78. The highest BCUT2D eigenvalue weighted by molar-refractivity contribution is 5.76. The maximum absolute atomic E-state index is 11.7. The second kappa shape index (κ2) is 9.08. The number of nitrogens with one attached hydrogen (secondary N) is 1. The maximum atomic E-state index is 11.7. The lowest BCUT2D eigenvalue weighted by molar-refractivity contribution is -0.121. The molecule has 0 fully saturated rings. The van der Waals surface area contributed by atoms with Gasteiger partial charge in [0.25, 0.3) is 0 Å². The average Bonchev–Trinajstić information content (AvgIpc) is 2.54. The maximum Gasteiger partial charge on any atom is 0.221 e. The van der Waals surface area contributed by atoms with Gasteiger partial charge in [0.15, 0.2) is 0 Å². The Bertz CT molecular complexity index is 612. The molecular formula is C19H24N2O2. The van der Waals surface area contributed by atoms with Gasteiger partial charge in [-0.15, -0.1) is 0 Å². The topological polar surface area (TPSA) is 64.4 Å². The minimum atomic E-state index is -0.126. The zero-order chi connectivity index (χ0) is 16.5. The number of ether oxygens (including phenoxy) is 1. The van der Waals surface area contributed by atoms with Gasteiger partial charge in [0.2, 0.25) is 5.91 Å². The quantitative estimate of drug-likeness (QED) is 0.788. The van der Waals surface area contributed by atoms with Crippen molar-refractivity contribution in [3.63, 3.8) is 0 Å². The second-order valence-corrected chi connectivity index (χ2v) is 5.71. The molecule has 2 rings (SSSR count). The third-order valence-electron chi connectivity index (χ3n) is 3.47. The Morgan fingerprint density at radius 2 is 1.70 bits per heavy atom. The summed E-state index contributed by atoms with van der Waals surface area (Å²) in [5.41, 5.74) is 8.94. The molecule has 3 N–H and O–H groups in total. The molecule has 1 atom stereocenters. The first kappa shape index (κ1) is 17.2. The fourth-order valence-corrected chi connectivity index (χ4v) is 2.28. The monoisotopic (exact) mass is 312 g/mol. The first-order valence-corrected chi connectivity index (χ1v) is 7.86. The molecular weight excluding hydrogens is 288 g/mol. The predicted molar refractivity (Wildman–Crippen MR) is 91.5 cm³/mol. The molecule has 4 heteroatoms. The van der Waals surface area contributed by atoms with Gasteiger partial charge in [-0.3, -0.25) is 4.79 Å². The van der Waals surface area contributed by atoms with Gasteiger partial charge in [0.05, 0.1) is 13.2 Å². The summed E-state index contributed by atoms with van der Waals surface area (Å²) in [6, 6.07) is 17.9. The van der Waals surface area contributed by atoms with Crippen LogP contribution in [-0.2, 0) is 29.3 Å². The van der Waals surface area contributed by atoms with E-state index in [0.29, 0.717) is 26.2 Å². The molecule has 0 heterocycles. The molecule has 2 aromatic carbocycles. The molecule has 0 aliphatic carbocycles. The Balaban J connectivity index is 1.86. The van der Waals surface area contributed by atoms with Crippen LogP contribution in [0.25, 0.3) is 0 Å². The summed E-state index contributed by atoms with van der Waals surface area (Å²) >= 11 is 0. The van der Waals surface area contributed by atoms with Crippen LogP contribution >= 0.6 is 0 Å². The minimum Gasteiger partial charge on any atom is -0.372 e. The number of amides is 1. The lowest BCUT2D eigenvalue weighted by atomic mass is 10.1. The second-order valence-electron chi connectivity index (χ2n) is 5.71. The zero-order valence-corrected chi connectivity index (χ0v) is 13.5. The summed E-state index contributed by atoms with van der Waals surface area (Å²) in [5.74, 6) is -0.0278. The Labute approximate surface area is 137 Å². The Morgan fingerprint density at radius 3 is 2.39 bits per heavy atom. The summed E-state index contributed by atoms with van der Waals surface area (Å²) < 4.78 is 5.79. The van der Waals surface area contributed by atoms with E-state index in [0.717, 1.165) is 16.7 Å². The van der Waals surface area contributed by atoms with E-state index in [-0.39, 0.29) is 11.9 Å². The van der Waals surface area contributed by atoms with E-state index in [4.69, 9.17) is 10.5 Å². The summed E-state index contributed by atoms with van der Waals surface area (Å²) in [5, 5.41) is 2.90. The van der Waals surface area contributed by atoms with Crippen LogP contribution in [0, 0.1) is 0 Å². The molecule has 0 aliphatic rings. The van der Waals surface area contributed by atoms with Crippen LogP contribution in [0.3, 0.4) is 0 Å². The molecule has 2 aromatic rings. The standard InChI is InChI=1S/C19H24N2O2/c1-15(20)11-19(22)21-12-17-9-5-6-10-18(17)14-23-13-16-7-3-2-4-8-16/h2-10,15H,11-14,20H2,1H3,(H,21,22). The largest absolute Gasteiger partial charge is 0.372 e. The van der Waals surface area contributed by atoms with E-state index < -0.39 is 0 Å². The van der Waals surface area contributed by atoms with Crippen LogP contribution in [0.15, 0.2) is 54.6 Å². The molecule has 0 spiro atoms. The van der Waals surface area contributed by atoms with E-state index in [2.05, 4.69) is 5.32 Å². The van der Waals surface area contributed by atoms with Crippen LogP contribution < -0.4 is 11.1 Å². The van der Waals surface area contributed by atoms with Crippen LogP contribution in [-0.4, -0.2) is 11.9 Å². The van der Waals surface area contributed by atoms with Crippen LogP contribution in [0.1, 0.15) is 30.0 Å². The van der Waals surface area contributed by atoms with Crippen molar-refractivity contribution in [2.24, 2.45) is 5.73 Å². The minimum absolute atomic E-state index is 0.0278. The summed E-state index contributed by atoms with van der Waals surface area (Å²) in [6.45, 7) is 3.42. The Hall–Kier alpha value is -2.17. The van der Waals surface area contributed by atoms with Gasteiger partial charge in [0.1, 0.15) is 0 Å². The van der Waals surface area contributed by atoms with Crippen molar-refractivity contribution in [2.75, 3.05) is 0 Å². The molecule has 0 saturated heterocycles. The smallest absolute Gasteiger partial charge is 0.221 e. The van der Waals surface area contributed by atoms with E-state index in [1.165, 1.54) is 0 Å². The van der Waals surface area contributed by atoms with Crippen LogP contribution in [0.2, 0.25) is 0 Å². The molecule has 4 nitrogen and oxygen atoms in total. The number of benzene rings is 2. The molecule has 0 aliphatic heterocycles. The fourth-order valence-electron chi connectivity index (χ4n) is 2.28. The molecule has 1 amide bonds. The lowest BCUT2D eigenvalue weighted by Crippen LogP contribution is -2.29. The molecule has 0 radical (unpaired) electrons. The number of rotatable bonds is 8. The summed E-state index contributed by atoms with van der Waals surface area (Å²) in [7, 11) is 0. The van der Waals surface area contributed by atoms with Crippen LogP contribution in [0.5, 0.6) is 0 Å². The number of hydrogen-bond acceptors (Lipinski definition) is 3. The van der Waals surface area contributed by atoms with Crippen molar-refractivity contribution < 1.29 is 9.53 Å². The van der Waals surface area contributed by atoms with Crippen molar-refractivity contribution in [1.82, 2.24) is 5.32 Å². The molecule has 0 aromatic heterocycles. The molecule has 0 bridgehead atoms. The van der Waals surface area contributed by atoms with Crippen molar-refractivity contribution in [2.45, 2.75) is 39.1 Å². The van der Waals surface area contributed by atoms with Gasteiger partial charge < -0.3 is 15.8 Å². The predicted octanol–water partition coefficient (Wildman–Crippen LogP) is 2.76. The first-order chi connectivity index (χ1) is 11.1. The van der Waals surface area contributed by atoms with Gasteiger partial charge >= 0.3 is 0 Å². The van der Waals surface area contributed by atoms with Crippen LogP contribution in [0.4, 0.5) is 0 Å². The number of hydrogen-bond donors (Lipinski definition) is 2. The van der Waals surface area contributed by atoms with E-state index in [1.807, 2.05) is 61.5 Å². The van der Waals surface area contributed by atoms with E-state index >= 15 is 0 Å². The fraction of sp³-hybridized carbons (Fsp3) is 0.316. The molecule has 0 saturated carbocycles. The number of carbonyl (C=O) groups is 1. The third kappa shape index (κ3) is 6.22. The first-order valence-electron chi connectivity index (χ1n) is 7.86. The summed E-state index contributed by atoms with van der Waals surface area (Å²) in [6.07, 6.45) is 0.340. The van der Waals surface area contributed by atoms with Gasteiger partial charge in [0, 0.05) is 19.0 Å². The zero-order valence-electron chi connectivity index (χ0n) is 13.5. The van der Waals surface area contributed by atoms with Gasteiger partial charge in [-0.2, -0.15) is 0 Å². The van der Waals surface area contributed by atoms with Gasteiger partial charge in [-0.1, -0.05) is 54.6 Å². The highest BCUT2D eigenvalue weighted by Crippen LogP contribution is 2.12. The van der Waals surface area contributed by atoms with E-state index in [1.54, 1.807) is 0 Å². The lowest BCUT2D eigenvalue weighted by Gasteiger charge is -2.12. The summed E-state index contributed by atoms with van der Waals surface area (Å²) in [4.78, 5) is 11.7. The average molecular weight is 312 g/mol. The van der Waals surface area contributed by atoms with E-state index in [9.17, 15) is 4.79 Å². The normalized spacial score (nSPS) is 11.9. The van der Waals surface area contributed by atoms with Crippen molar-refractivity contribution >= 4 is 5.91 Å². The highest BCUT2D eigenvalue weighted by atomic mass is 16.5. The highest BCUT2D eigenvalue weighted by Gasteiger charge is 2.07. The number of carbonyl (C=O) groups excluding carboxylic acids is 1. The van der Waals surface area contributed by atoms with Crippen molar-refractivity contribution in [3.05, 3.63) is 71.3 Å². The number of nitrogens with two attached hydrogens (primary N) is 1. The molecule has 23 heavy (non-hydrogen) atoms. The van der Waals surface area contributed by atoms with Crippen molar-refractivity contribution in [3.8, 4) is 0 Å². The Morgan fingerprint density at radius 1 is 1.04 bits per heavy atom. The third-order valence-corrected chi connectivity index (χ3v) is 3.47. The van der Waals surface area contributed by atoms with Gasteiger partial charge in [-0.05, 0) is 23.6 Å². The molecule has 122 valence electrons. The van der Waals surface area contributed by atoms with Crippen molar-refractivity contribution in [1.29, 1.82) is 0 Å². The SMILES string of the molecule is CC(N)CC(=O)NCc1ccccc1COCc1ccccc1. The molecule has 1 unspecified atom stereocenters. The van der Waals surface area contributed by atoms with Gasteiger partial charge in [-0.25, -0.2) is 0 Å².